The molecule has 3 N–H and O–H groups in total. The van der Waals surface area contributed by atoms with Crippen LogP contribution in [0.3, 0.4) is 0 Å². The van der Waals surface area contributed by atoms with E-state index >= 15 is 0 Å². The number of anilines is 1. The molecule has 0 amide bonds. The molecule has 96 valence electrons. The quantitative estimate of drug-likeness (QED) is 0.735. The van der Waals surface area contributed by atoms with Crippen molar-refractivity contribution >= 4 is 16.7 Å². The Balaban J connectivity index is 1.88. The van der Waals surface area contributed by atoms with Crippen LogP contribution in [0.4, 0.5) is 5.82 Å². The smallest absolute Gasteiger partial charge is 0.137 e. The normalized spacial score (nSPS) is 10.7. The molecule has 0 spiro atoms. The molecule has 0 unspecified atom stereocenters. The van der Waals surface area contributed by atoms with E-state index in [9.17, 15) is 0 Å². The molecule has 4 nitrogen and oxygen atoms in total. The van der Waals surface area contributed by atoms with Gasteiger partial charge in [-0.15, -0.1) is 0 Å². The third kappa shape index (κ3) is 3.40. The number of para-hydroxylation sites is 1. The van der Waals surface area contributed by atoms with Crippen LogP contribution in [0.2, 0.25) is 0 Å². The topological polar surface area (TPSA) is 63.8 Å². The first-order valence-corrected chi connectivity index (χ1v) is 6.55. The highest BCUT2D eigenvalue weighted by Gasteiger charge is 2.01. The van der Waals surface area contributed by atoms with Crippen molar-refractivity contribution in [2.75, 3.05) is 18.4 Å². The summed E-state index contributed by atoms with van der Waals surface area (Å²) in [6.45, 7) is 1.75. The van der Waals surface area contributed by atoms with Crippen molar-refractivity contribution in [2.24, 2.45) is 5.73 Å². The number of aromatic nitrogens is 2. The van der Waals surface area contributed by atoms with Gasteiger partial charge in [0.15, 0.2) is 0 Å². The van der Waals surface area contributed by atoms with Crippen molar-refractivity contribution in [1.82, 2.24) is 9.97 Å². The maximum absolute atomic E-state index is 5.46. The molecule has 1 aromatic heterocycles. The van der Waals surface area contributed by atoms with Gasteiger partial charge in [-0.05, 0) is 31.5 Å². The third-order valence-corrected chi connectivity index (χ3v) is 2.97. The molecular formula is C14H20N4. The predicted molar refractivity (Wildman–Crippen MR) is 75.6 cm³/mol. The second-order valence-corrected chi connectivity index (χ2v) is 4.37. The van der Waals surface area contributed by atoms with E-state index in [2.05, 4.69) is 15.3 Å². The number of unbranched alkanes of at least 4 members (excludes halogenated alkanes) is 3. The largest absolute Gasteiger partial charge is 0.369 e. The molecule has 0 saturated heterocycles. The number of nitrogens with two attached hydrogens (primary N) is 1. The van der Waals surface area contributed by atoms with Gasteiger partial charge >= 0.3 is 0 Å². The lowest BCUT2D eigenvalue weighted by Crippen LogP contribution is -2.05. The van der Waals surface area contributed by atoms with E-state index in [4.69, 9.17) is 5.73 Å². The predicted octanol–water partition coefficient (Wildman–Crippen LogP) is 2.56. The summed E-state index contributed by atoms with van der Waals surface area (Å²) in [5.74, 6) is 0.930. The van der Waals surface area contributed by atoms with Gasteiger partial charge in [0.1, 0.15) is 12.1 Å². The number of hydrogen-bond acceptors (Lipinski definition) is 4. The van der Waals surface area contributed by atoms with Gasteiger partial charge in [0.25, 0.3) is 0 Å². The summed E-state index contributed by atoms with van der Waals surface area (Å²) >= 11 is 0. The van der Waals surface area contributed by atoms with Crippen molar-refractivity contribution in [3.05, 3.63) is 30.6 Å². The monoisotopic (exact) mass is 244 g/mol. The van der Waals surface area contributed by atoms with Crippen LogP contribution in [-0.2, 0) is 0 Å². The summed E-state index contributed by atoms with van der Waals surface area (Å²) in [4.78, 5) is 8.54. The van der Waals surface area contributed by atoms with Crippen LogP contribution in [0.5, 0.6) is 0 Å². The fourth-order valence-electron chi connectivity index (χ4n) is 1.98. The SMILES string of the molecule is NCCCCCCNc1ncnc2ccccc12. The average molecular weight is 244 g/mol. The molecule has 0 bridgehead atoms. The molecule has 0 fully saturated rings. The molecule has 18 heavy (non-hydrogen) atoms. The zero-order valence-corrected chi connectivity index (χ0v) is 10.6. The molecule has 0 radical (unpaired) electrons. The van der Waals surface area contributed by atoms with E-state index in [-0.39, 0.29) is 0 Å². The van der Waals surface area contributed by atoms with Gasteiger partial charge in [-0.3, -0.25) is 0 Å². The highest BCUT2D eigenvalue weighted by molar-refractivity contribution is 5.88. The maximum atomic E-state index is 5.46. The van der Waals surface area contributed by atoms with Gasteiger partial charge in [-0.1, -0.05) is 25.0 Å². The molecule has 1 heterocycles. The molecular weight excluding hydrogens is 224 g/mol. The van der Waals surface area contributed by atoms with Crippen molar-refractivity contribution in [3.63, 3.8) is 0 Å². The van der Waals surface area contributed by atoms with Gasteiger partial charge < -0.3 is 11.1 Å². The Bertz CT molecular complexity index is 479. The third-order valence-electron chi connectivity index (χ3n) is 2.97. The van der Waals surface area contributed by atoms with Crippen molar-refractivity contribution in [1.29, 1.82) is 0 Å². The Morgan fingerprint density at radius 2 is 1.83 bits per heavy atom. The zero-order valence-electron chi connectivity index (χ0n) is 10.6. The molecule has 1 aromatic carbocycles. The molecule has 0 aliphatic carbocycles. The lowest BCUT2D eigenvalue weighted by atomic mass is 10.2. The van der Waals surface area contributed by atoms with E-state index in [0.717, 1.165) is 42.7 Å². The van der Waals surface area contributed by atoms with Crippen LogP contribution in [-0.4, -0.2) is 23.1 Å². The molecule has 4 heteroatoms. The minimum absolute atomic E-state index is 0.796. The average Bonchev–Trinajstić information content (AvgIpc) is 2.43. The fraction of sp³-hybridized carbons (Fsp3) is 0.429. The number of benzene rings is 1. The number of rotatable bonds is 7. The first-order chi connectivity index (χ1) is 8.92. The summed E-state index contributed by atoms with van der Waals surface area (Å²) < 4.78 is 0. The summed E-state index contributed by atoms with van der Waals surface area (Å²) in [7, 11) is 0. The van der Waals surface area contributed by atoms with Crippen molar-refractivity contribution < 1.29 is 0 Å². The molecule has 2 rings (SSSR count). The number of fused-ring (bicyclic) bond motifs is 1. The van der Waals surface area contributed by atoms with Gasteiger partial charge in [-0.25, -0.2) is 9.97 Å². The fourth-order valence-corrected chi connectivity index (χ4v) is 1.98. The highest BCUT2D eigenvalue weighted by Crippen LogP contribution is 2.18. The van der Waals surface area contributed by atoms with E-state index in [1.54, 1.807) is 6.33 Å². The highest BCUT2D eigenvalue weighted by atomic mass is 15.0. The molecule has 0 aliphatic rings. The van der Waals surface area contributed by atoms with E-state index < -0.39 is 0 Å². The number of nitrogens with one attached hydrogen (secondary N) is 1. The van der Waals surface area contributed by atoms with Crippen molar-refractivity contribution in [3.8, 4) is 0 Å². The Morgan fingerprint density at radius 1 is 1.00 bits per heavy atom. The van der Waals surface area contributed by atoms with Gasteiger partial charge in [0.2, 0.25) is 0 Å². The van der Waals surface area contributed by atoms with E-state index in [1.165, 1.54) is 12.8 Å². The molecule has 2 aromatic rings. The van der Waals surface area contributed by atoms with Crippen LogP contribution >= 0.6 is 0 Å². The zero-order chi connectivity index (χ0) is 12.6. The maximum Gasteiger partial charge on any atom is 0.137 e. The van der Waals surface area contributed by atoms with Gasteiger partial charge in [0.05, 0.1) is 5.52 Å². The number of nitrogens with zero attached hydrogens (tertiary/aromatic N) is 2. The first kappa shape index (κ1) is 12.8. The lowest BCUT2D eigenvalue weighted by molar-refractivity contribution is 0.661. The Kier molecular flexibility index (Phi) is 4.90. The second kappa shape index (κ2) is 6.91. The minimum Gasteiger partial charge on any atom is -0.369 e. The Hall–Kier alpha value is -1.68. The molecule has 0 aliphatic heterocycles. The lowest BCUT2D eigenvalue weighted by Gasteiger charge is -2.07. The molecule has 0 saturated carbocycles. The summed E-state index contributed by atoms with van der Waals surface area (Å²) in [6.07, 6.45) is 6.31. The standard InChI is InChI=1S/C14H20N4/c15-9-5-1-2-6-10-16-14-12-7-3-4-8-13(12)17-11-18-14/h3-4,7-8,11H,1-2,5-6,9-10,15H2,(H,16,17,18). The first-order valence-electron chi connectivity index (χ1n) is 6.55. The second-order valence-electron chi connectivity index (χ2n) is 4.37. The van der Waals surface area contributed by atoms with E-state index in [0.29, 0.717) is 0 Å². The van der Waals surface area contributed by atoms with Crippen LogP contribution in [0.25, 0.3) is 10.9 Å². The molecule has 0 atom stereocenters. The Morgan fingerprint density at radius 3 is 2.72 bits per heavy atom. The minimum atomic E-state index is 0.796. The van der Waals surface area contributed by atoms with Crippen LogP contribution in [0, 0.1) is 0 Å². The summed E-state index contributed by atoms with van der Waals surface area (Å²) in [5, 5.41) is 4.47. The Labute approximate surface area is 108 Å². The van der Waals surface area contributed by atoms with E-state index in [1.807, 2.05) is 24.3 Å². The van der Waals surface area contributed by atoms with Crippen LogP contribution in [0.1, 0.15) is 25.7 Å². The van der Waals surface area contributed by atoms with Crippen LogP contribution in [0.15, 0.2) is 30.6 Å². The van der Waals surface area contributed by atoms with Gasteiger partial charge in [-0.2, -0.15) is 0 Å². The van der Waals surface area contributed by atoms with Crippen molar-refractivity contribution in [2.45, 2.75) is 25.7 Å². The van der Waals surface area contributed by atoms with Gasteiger partial charge in [0, 0.05) is 11.9 Å². The van der Waals surface area contributed by atoms with Crippen LogP contribution < -0.4 is 11.1 Å². The number of hydrogen-bond donors (Lipinski definition) is 2. The summed E-state index contributed by atoms with van der Waals surface area (Å²) in [6, 6.07) is 8.06. The summed E-state index contributed by atoms with van der Waals surface area (Å²) in [5.41, 5.74) is 6.45.